The topological polar surface area (TPSA) is 38.0 Å². The van der Waals surface area contributed by atoms with Gasteiger partial charge in [-0.05, 0) is 37.1 Å². The third kappa shape index (κ3) is 2.18. The van der Waals surface area contributed by atoms with E-state index in [1.165, 1.54) is 0 Å². The van der Waals surface area contributed by atoms with Crippen LogP contribution in [0.25, 0.3) is 16.9 Å². The van der Waals surface area contributed by atoms with E-state index in [1.807, 2.05) is 62.4 Å². The first-order valence-corrected chi connectivity index (χ1v) is 6.57. The fourth-order valence-electron chi connectivity index (χ4n) is 2.31. The molecule has 3 aromatic rings. The van der Waals surface area contributed by atoms with Gasteiger partial charge in [0.05, 0.1) is 11.4 Å². The summed E-state index contributed by atoms with van der Waals surface area (Å²) in [5.74, 6) is 0.147. The molecule has 0 spiro atoms. The Bertz CT molecular complexity index is 759. The van der Waals surface area contributed by atoms with Gasteiger partial charge in [0, 0.05) is 11.6 Å². The number of nitrogens with zero attached hydrogens (tertiary/aromatic N) is 2. The SMILES string of the molecule is Cc1cccc(-n2nc(-c3ccccc3C)cc2O)c1. The lowest BCUT2D eigenvalue weighted by molar-refractivity contribution is 0.433. The fraction of sp³-hybridized carbons (Fsp3) is 0.118. The van der Waals surface area contributed by atoms with Crippen molar-refractivity contribution in [2.24, 2.45) is 0 Å². The maximum atomic E-state index is 10.1. The quantitative estimate of drug-likeness (QED) is 0.763. The van der Waals surface area contributed by atoms with Crippen LogP contribution >= 0.6 is 0 Å². The van der Waals surface area contributed by atoms with Crippen LogP contribution in [-0.2, 0) is 0 Å². The van der Waals surface area contributed by atoms with Gasteiger partial charge in [-0.3, -0.25) is 0 Å². The van der Waals surface area contributed by atoms with E-state index in [1.54, 1.807) is 10.7 Å². The standard InChI is InChI=1S/C17H16N2O/c1-12-6-5-8-14(10-12)19-17(20)11-16(18-19)15-9-4-3-7-13(15)2/h3-11,20H,1-2H3. The molecule has 0 saturated carbocycles. The van der Waals surface area contributed by atoms with Crippen LogP contribution in [0.5, 0.6) is 5.88 Å². The van der Waals surface area contributed by atoms with E-state index >= 15 is 0 Å². The molecule has 3 rings (SSSR count). The van der Waals surface area contributed by atoms with Gasteiger partial charge in [-0.25, -0.2) is 4.68 Å². The number of hydrogen-bond donors (Lipinski definition) is 1. The van der Waals surface area contributed by atoms with Gasteiger partial charge >= 0.3 is 0 Å². The number of aromatic hydroxyl groups is 1. The Morgan fingerprint density at radius 3 is 2.50 bits per heavy atom. The van der Waals surface area contributed by atoms with E-state index in [0.717, 1.165) is 28.1 Å². The van der Waals surface area contributed by atoms with Crippen molar-refractivity contribution < 1.29 is 5.11 Å². The molecule has 0 aliphatic carbocycles. The van der Waals surface area contributed by atoms with E-state index in [4.69, 9.17) is 0 Å². The predicted octanol–water partition coefficient (Wildman–Crippen LogP) is 3.86. The summed E-state index contributed by atoms with van der Waals surface area (Å²) in [5.41, 5.74) is 4.95. The number of benzene rings is 2. The van der Waals surface area contributed by atoms with Crippen LogP contribution in [-0.4, -0.2) is 14.9 Å². The minimum Gasteiger partial charge on any atom is -0.493 e. The Morgan fingerprint density at radius 2 is 1.75 bits per heavy atom. The first-order valence-electron chi connectivity index (χ1n) is 6.57. The Morgan fingerprint density at radius 1 is 0.950 bits per heavy atom. The smallest absolute Gasteiger partial charge is 0.214 e. The molecule has 20 heavy (non-hydrogen) atoms. The molecule has 3 nitrogen and oxygen atoms in total. The lowest BCUT2D eigenvalue weighted by Crippen LogP contribution is -1.96. The molecule has 0 aliphatic heterocycles. The zero-order valence-electron chi connectivity index (χ0n) is 11.5. The van der Waals surface area contributed by atoms with Crippen LogP contribution in [0.1, 0.15) is 11.1 Å². The number of aromatic nitrogens is 2. The van der Waals surface area contributed by atoms with Crippen molar-refractivity contribution in [3.8, 4) is 22.8 Å². The Hall–Kier alpha value is -2.55. The Kier molecular flexibility index (Phi) is 3.03. The molecule has 1 aromatic heterocycles. The third-order valence-electron chi connectivity index (χ3n) is 3.36. The summed E-state index contributed by atoms with van der Waals surface area (Å²) in [6.07, 6.45) is 0. The van der Waals surface area contributed by atoms with Crippen LogP contribution in [0.15, 0.2) is 54.6 Å². The first kappa shape index (κ1) is 12.5. The summed E-state index contributed by atoms with van der Waals surface area (Å²) in [7, 11) is 0. The lowest BCUT2D eigenvalue weighted by Gasteiger charge is -2.04. The van der Waals surface area contributed by atoms with Gasteiger partial charge < -0.3 is 5.11 Å². The van der Waals surface area contributed by atoms with Gasteiger partial charge in [-0.15, -0.1) is 0 Å². The highest BCUT2D eigenvalue weighted by molar-refractivity contribution is 5.64. The molecule has 0 amide bonds. The molecule has 2 aromatic carbocycles. The molecule has 0 aliphatic rings. The number of aryl methyl sites for hydroxylation is 2. The van der Waals surface area contributed by atoms with Crippen LogP contribution < -0.4 is 0 Å². The van der Waals surface area contributed by atoms with Gasteiger partial charge in [0.1, 0.15) is 0 Å². The summed E-state index contributed by atoms with van der Waals surface area (Å²) >= 11 is 0. The molecule has 1 N–H and O–H groups in total. The van der Waals surface area contributed by atoms with Crippen LogP contribution in [0.4, 0.5) is 0 Å². The van der Waals surface area contributed by atoms with Gasteiger partial charge in [0.25, 0.3) is 0 Å². The molecule has 3 heteroatoms. The van der Waals surface area contributed by atoms with Crippen molar-refractivity contribution >= 4 is 0 Å². The molecule has 0 radical (unpaired) electrons. The van der Waals surface area contributed by atoms with E-state index in [2.05, 4.69) is 5.10 Å². The second-order valence-corrected chi connectivity index (χ2v) is 4.95. The average Bonchev–Trinajstić information content (AvgIpc) is 2.81. The molecule has 0 bridgehead atoms. The third-order valence-corrected chi connectivity index (χ3v) is 3.36. The van der Waals surface area contributed by atoms with Crippen molar-refractivity contribution in [3.63, 3.8) is 0 Å². The summed E-state index contributed by atoms with van der Waals surface area (Å²) < 4.78 is 1.56. The van der Waals surface area contributed by atoms with E-state index in [0.29, 0.717) is 0 Å². The zero-order chi connectivity index (χ0) is 14.1. The zero-order valence-corrected chi connectivity index (χ0v) is 11.5. The molecule has 0 unspecified atom stereocenters. The van der Waals surface area contributed by atoms with E-state index < -0.39 is 0 Å². The highest BCUT2D eigenvalue weighted by atomic mass is 16.3. The maximum Gasteiger partial charge on any atom is 0.214 e. The highest BCUT2D eigenvalue weighted by Gasteiger charge is 2.11. The van der Waals surface area contributed by atoms with Crippen molar-refractivity contribution in [1.82, 2.24) is 9.78 Å². The number of rotatable bonds is 2. The first-order chi connectivity index (χ1) is 9.65. The monoisotopic (exact) mass is 264 g/mol. The van der Waals surface area contributed by atoms with Crippen LogP contribution in [0.3, 0.4) is 0 Å². The lowest BCUT2D eigenvalue weighted by atomic mass is 10.1. The normalized spacial score (nSPS) is 10.7. The Labute approximate surface area is 118 Å². The van der Waals surface area contributed by atoms with Gasteiger partial charge in [0.15, 0.2) is 0 Å². The van der Waals surface area contributed by atoms with Gasteiger partial charge in [0.2, 0.25) is 5.88 Å². The largest absolute Gasteiger partial charge is 0.493 e. The molecule has 1 heterocycles. The van der Waals surface area contributed by atoms with Crippen LogP contribution in [0.2, 0.25) is 0 Å². The van der Waals surface area contributed by atoms with Crippen LogP contribution in [0, 0.1) is 13.8 Å². The summed E-state index contributed by atoms with van der Waals surface area (Å²) in [6, 6.07) is 17.6. The molecule has 0 fully saturated rings. The van der Waals surface area contributed by atoms with E-state index in [9.17, 15) is 5.11 Å². The van der Waals surface area contributed by atoms with Gasteiger partial charge in [-0.1, -0.05) is 36.4 Å². The maximum absolute atomic E-state index is 10.1. The average molecular weight is 264 g/mol. The predicted molar refractivity (Wildman–Crippen MR) is 80.1 cm³/mol. The minimum absolute atomic E-state index is 0.147. The van der Waals surface area contributed by atoms with E-state index in [-0.39, 0.29) is 5.88 Å². The Balaban J connectivity index is 2.10. The van der Waals surface area contributed by atoms with Gasteiger partial charge in [-0.2, -0.15) is 5.10 Å². The summed E-state index contributed by atoms with van der Waals surface area (Å²) in [4.78, 5) is 0. The summed E-state index contributed by atoms with van der Waals surface area (Å²) in [5, 5.41) is 14.6. The van der Waals surface area contributed by atoms with Crippen molar-refractivity contribution in [2.45, 2.75) is 13.8 Å². The second kappa shape index (κ2) is 4.85. The summed E-state index contributed by atoms with van der Waals surface area (Å²) in [6.45, 7) is 4.06. The molecule has 100 valence electrons. The van der Waals surface area contributed by atoms with Crippen molar-refractivity contribution in [2.75, 3.05) is 0 Å². The second-order valence-electron chi connectivity index (χ2n) is 4.95. The van der Waals surface area contributed by atoms with Crippen molar-refractivity contribution in [3.05, 3.63) is 65.7 Å². The molecular formula is C17H16N2O. The molecular weight excluding hydrogens is 248 g/mol. The minimum atomic E-state index is 0.147. The highest BCUT2D eigenvalue weighted by Crippen LogP contribution is 2.27. The molecule has 0 atom stereocenters. The fourth-order valence-corrected chi connectivity index (χ4v) is 2.31. The van der Waals surface area contributed by atoms with Crippen molar-refractivity contribution in [1.29, 1.82) is 0 Å². The molecule has 0 saturated heterocycles. The number of hydrogen-bond acceptors (Lipinski definition) is 2.